The Kier molecular flexibility index (Phi) is 1.54. The second kappa shape index (κ2) is 2.69. The van der Waals surface area contributed by atoms with Gasteiger partial charge in [0.05, 0.1) is 0 Å². The molecule has 0 amide bonds. The van der Waals surface area contributed by atoms with Crippen LogP contribution in [0.1, 0.15) is 25.3 Å². The lowest BCUT2D eigenvalue weighted by atomic mass is 10.1. The van der Waals surface area contributed by atoms with Crippen LogP contribution in [-0.2, 0) is 0 Å². The Morgan fingerprint density at radius 1 is 1.70 bits per heavy atom. The molecule has 0 aliphatic heterocycles. The van der Waals surface area contributed by atoms with E-state index in [1.807, 2.05) is 13.8 Å². The molecule has 0 saturated carbocycles. The molecular weight excluding hydrogens is 126 g/mol. The van der Waals surface area contributed by atoms with Crippen molar-refractivity contribution in [2.24, 2.45) is 0 Å². The molecule has 0 aromatic carbocycles. The van der Waals surface area contributed by atoms with Gasteiger partial charge in [0.25, 0.3) is 5.56 Å². The van der Waals surface area contributed by atoms with Gasteiger partial charge in [-0.25, -0.2) is 0 Å². The van der Waals surface area contributed by atoms with E-state index in [4.69, 9.17) is 1.41 Å². The standard InChI is InChI=1S/C8H11NO/c1-6(2)7-4-3-5-9-8(7)10/h3-6H,1-2H3,(H,9,10)/i/hD. The topological polar surface area (TPSA) is 32.9 Å². The Bertz CT molecular complexity index is 303. The predicted octanol–water partition coefficient (Wildman–Crippen LogP) is 1.50. The van der Waals surface area contributed by atoms with E-state index in [1.54, 1.807) is 12.1 Å². The van der Waals surface area contributed by atoms with Crippen molar-refractivity contribution in [3.63, 3.8) is 0 Å². The summed E-state index contributed by atoms with van der Waals surface area (Å²) in [6.45, 7) is 3.88. The molecule has 0 spiro atoms. The zero-order valence-electron chi connectivity index (χ0n) is 7.16. The molecule has 0 saturated heterocycles. The number of rotatable bonds is 1. The molecular formula is C8H11NO. The normalized spacial score (nSPS) is 11.7. The molecule has 0 aliphatic carbocycles. The number of hydrogen-bond donors (Lipinski definition) is 1. The summed E-state index contributed by atoms with van der Waals surface area (Å²) in [5.74, 6) is 0.195. The van der Waals surface area contributed by atoms with E-state index >= 15 is 0 Å². The summed E-state index contributed by atoms with van der Waals surface area (Å²) in [5, 5.41) is 0. The number of hydrogen-bond acceptors (Lipinski definition) is 1. The quantitative estimate of drug-likeness (QED) is 0.626. The third-order valence-electron chi connectivity index (χ3n) is 1.42. The average Bonchev–Trinajstić information content (AvgIpc) is 1.94. The average molecular weight is 138 g/mol. The summed E-state index contributed by atoms with van der Waals surface area (Å²) in [7, 11) is 0. The summed E-state index contributed by atoms with van der Waals surface area (Å²) in [5.41, 5.74) is 0.477. The van der Waals surface area contributed by atoms with Gasteiger partial charge >= 0.3 is 0 Å². The van der Waals surface area contributed by atoms with Crippen molar-refractivity contribution in [2.75, 3.05) is 0 Å². The molecule has 10 heavy (non-hydrogen) atoms. The molecule has 2 heteroatoms. The van der Waals surface area contributed by atoms with Crippen molar-refractivity contribution in [3.05, 3.63) is 34.2 Å². The lowest BCUT2D eigenvalue weighted by molar-refractivity contribution is 0.844. The van der Waals surface area contributed by atoms with E-state index in [0.717, 1.165) is 4.98 Å². The summed E-state index contributed by atoms with van der Waals surface area (Å²) in [6.07, 6.45) is 1.44. The minimum atomic E-state index is -0.220. The highest BCUT2D eigenvalue weighted by Crippen LogP contribution is 2.06. The number of aromatic amines is 1. The molecule has 0 unspecified atom stereocenters. The summed E-state index contributed by atoms with van der Waals surface area (Å²) in [6, 6.07) is 3.47. The van der Waals surface area contributed by atoms with Gasteiger partial charge in [-0.2, -0.15) is 0 Å². The monoisotopic (exact) mass is 138 g/mol. The van der Waals surface area contributed by atoms with Crippen molar-refractivity contribution in [3.8, 4) is 0 Å². The Morgan fingerprint density at radius 3 is 2.90 bits per heavy atom. The third-order valence-corrected chi connectivity index (χ3v) is 1.42. The second-order valence-electron chi connectivity index (χ2n) is 2.55. The first-order valence-corrected chi connectivity index (χ1v) is 3.33. The van der Waals surface area contributed by atoms with Crippen LogP contribution in [0.25, 0.3) is 0 Å². The second-order valence-corrected chi connectivity index (χ2v) is 2.55. The van der Waals surface area contributed by atoms with Crippen LogP contribution in [-0.4, -0.2) is 4.98 Å². The fraction of sp³-hybridized carbons (Fsp3) is 0.375. The van der Waals surface area contributed by atoms with Crippen molar-refractivity contribution in [2.45, 2.75) is 19.8 Å². The summed E-state index contributed by atoms with van der Waals surface area (Å²) in [4.78, 5) is 12.0. The lowest BCUT2D eigenvalue weighted by Gasteiger charge is -2.00. The van der Waals surface area contributed by atoms with Crippen molar-refractivity contribution < 1.29 is 1.41 Å². The lowest BCUT2D eigenvalue weighted by Crippen LogP contribution is -2.11. The van der Waals surface area contributed by atoms with Crippen molar-refractivity contribution >= 4 is 0 Å². The maximum Gasteiger partial charge on any atom is 0.251 e. The molecule has 2 nitrogen and oxygen atoms in total. The van der Waals surface area contributed by atoms with E-state index in [1.165, 1.54) is 6.20 Å². The van der Waals surface area contributed by atoms with Crippen LogP contribution in [0.15, 0.2) is 23.1 Å². The maximum absolute atomic E-state index is 11.2. The van der Waals surface area contributed by atoms with Crippen LogP contribution in [0.5, 0.6) is 0 Å². The Morgan fingerprint density at radius 2 is 2.40 bits per heavy atom. The zero-order chi connectivity index (χ0) is 8.43. The van der Waals surface area contributed by atoms with Gasteiger partial charge in [-0.3, -0.25) is 4.79 Å². The summed E-state index contributed by atoms with van der Waals surface area (Å²) < 4.78 is 7.16. The first kappa shape index (κ1) is 5.71. The first-order valence-electron chi connectivity index (χ1n) is 3.78. The number of nitrogens with one attached hydrogen (secondary N) is 1. The molecule has 0 aliphatic rings. The fourth-order valence-corrected chi connectivity index (χ4v) is 0.843. The van der Waals surface area contributed by atoms with E-state index in [-0.39, 0.29) is 11.5 Å². The van der Waals surface area contributed by atoms with Gasteiger partial charge in [0.15, 0.2) is 1.41 Å². The minimum absolute atomic E-state index is 0.195. The maximum atomic E-state index is 11.2. The number of aromatic nitrogens is 1. The van der Waals surface area contributed by atoms with Crippen LogP contribution in [0, 0.1) is 0 Å². The Balaban J connectivity index is 3.28. The molecule has 1 N–H and O–H groups in total. The van der Waals surface area contributed by atoms with Crippen LogP contribution < -0.4 is 5.56 Å². The minimum Gasteiger partial charge on any atom is -0.329 e. The van der Waals surface area contributed by atoms with Crippen LogP contribution in [0.4, 0.5) is 0 Å². The van der Waals surface area contributed by atoms with E-state index in [9.17, 15) is 4.79 Å². The van der Waals surface area contributed by atoms with Gasteiger partial charge in [0.2, 0.25) is 0 Å². The van der Waals surface area contributed by atoms with Crippen molar-refractivity contribution in [1.29, 1.82) is 0 Å². The molecule has 0 radical (unpaired) electrons. The molecule has 0 fully saturated rings. The van der Waals surface area contributed by atoms with E-state index in [0.29, 0.717) is 5.56 Å². The fourth-order valence-electron chi connectivity index (χ4n) is 0.843. The van der Waals surface area contributed by atoms with E-state index < -0.39 is 0 Å². The summed E-state index contributed by atoms with van der Waals surface area (Å²) >= 11 is 0. The molecule has 0 atom stereocenters. The van der Waals surface area contributed by atoms with Gasteiger partial charge in [-0.15, -0.1) is 0 Å². The molecule has 1 aromatic rings. The number of H-pyrrole nitrogens is 1. The predicted molar refractivity (Wildman–Crippen MR) is 41.2 cm³/mol. The SMILES string of the molecule is [2H]n1cccc(C(C)C)c1=O. The van der Waals surface area contributed by atoms with Gasteiger partial charge < -0.3 is 4.98 Å². The van der Waals surface area contributed by atoms with Gasteiger partial charge in [-0.05, 0) is 12.0 Å². The Hall–Kier alpha value is -1.05. The van der Waals surface area contributed by atoms with Crippen LogP contribution in [0.3, 0.4) is 0 Å². The van der Waals surface area contributed by atoms with Crippen LogP contribution in [0.2, 0.25) is 1.41 Å². The van der Waals surface area contributed by atoms with Crippen molar-refractivity contribution in [1.82, 2.24) is 4.98 Å². The van der Waals surface area contributed by atoms with Gasteiger partial charge in [0, 0.05) is 11.8 Å². The smallest absolute Gasteiger partial charge is 0.251 e. The highest BCUT2D eigenvalue weighted by molar-refractivity contribution is 5.12. The Labute approximate surface area is 61.4 Å². The molecule has 0 bridgehead atoms. The molecule has 54 valence electrons. The van der Waals surface area contributed by atoms with E-state index in [2.05, 4.69) is 0 Å². The largest absolute Gasteiger partial charge is 0.329 e. The number of pyridine rings is 1. The first-order chi connectivity index (χ1) is 5.13. The molecule has 1 aromatic heterocycles. The highest BCUT2D eigenvalue weighted by atomic mass is 16.1. The third kappa shape index (κ3) is 1.26. The highest BCUT2D eigenvalue weighted by Gasteiger charge is 2.00. The molecule has 1 rings (SSSR count). The zero-order valence-corrected chi connectivity index (χ0v) is 6.16. The molecule has 1 heterocycles. The van der Waals surface area contributed by atoms with Crippen LogP contribution >= 0.6 is 0 Å². The van der Waals surface area contributed by atoms with Gasteiger partial charge in [-0.1, -0.05) is 19.9 Å². The van der Waals surface area contributed by atoms with Gasteiger partial charge in [0.1, 0.15) is 0 Å².